The van der Waals surface area contributed by atoms with E-state index in [2.05, 4.69) is 5.32 Å². The summed E-state index contributed by atoms with van der Waals surface area (Å²) in [5.74, 6) is 0.540. The molecule has 0 bridgehead atoms. The topological polar surface area (TPSA) is 72.5 Å². The molecule has 5 nitrogen and oxygen atoms in total. The van der Waals surface area contributed by atoms with Gasteiger partial charge in [-0.25, -0.2) is 8.42 Å². The van der Waals surface area contributed by atoms with E-state index in [1.165, 1.54) is 6.08 Å². The summed E-state index contributed by atoms with van der Waals surface area (Å²) >= 11 is 5.97. The van der Waals surface area contributed by atoms with Crippen LogP contribution in [0.1, 0.15) is 18.9 Å². The molecule has 2 aliphatic rings. The van der Waals surface area contributed by atoms with E-state index >= 15 is 0 Å². The second kappa shape index (κ2) is 6.26. The number of benzene rings is 1. The molecule has 24 heavy (non-hydrogen) atoms. The highest BCUT2D eigenvalue weighted by Gasteiger charge is 2.39. The minimum Gasteiger partial charge on any atom is -0.488 e. The number of sulfone groups is 1. The summed E-state index contributed by atoms with van der Waals surface area (Å²) in [5, 5.41) is 3.40. The molecular weight excluding hydrogens is 350 g/mol. The molecule has 3 rings (SSSR count). The van der Waals surface area contributed by atoms with Crippen molar-refractivity contribution in [1.29, 1.82) is 0 Å². The van der Waals surface area contributed by atoms with Crippen molar-refractivity contribution >= 4 is 33.4 Å². The zero-order valence-corrected chi connectivity index (χ0v) is 14.8. The van der Waals surface area contributed by atoms with Gasteiger partial charge in [-0.1, -0.05) is 17.7 Å². The third-order valence-electron chi connectivity index (χ3n) is 4.08. The lowest BCUT2D eigenvalue weighted by Crippen LogP contribution is -2.46. The Labute approximate surface area is 146 Å². The zero-order valence-electron chi connectivity index (χ0n) is 13.2. The smallest absolute Gasteiger partial charge is 0.244 e. The van der Waals surface area contributed by atoms with Gasteiger partial charge in [-0.15, -0.1) is 0 Å². The van der Waals surface area contributed by atoms with Gasteiger partial charge in [-0.3, -0.25) is 4.79 Å². The van der Waals surface area contributed by atoms with Gasteiger partial charge >= 0.3 is 0 Å². The number of halogens is 1. The Hall–Kier alpha value is -1.79. The normalized spacial score (nSPS) is 25.0. The SMILES string of the molecule is CC1(NC(=O)/C=C/C2=Cc3cc(Cl)ccc3OC2)CCS(=O)(=O)C1. The first-order valence-corrected chi connectivity index (χ1v) is 9.78. The molecule has 1 saturated heterocycles. The Morgan fingerprint density at radius 1 is 1.42 bits per heavy atom. The molecule has 7 heteroatoms. The Morgan fingerprint density at radius 2 is 2.21 bits per heavy atom. The summed E-state index contributed by atoms with van der Waals surface area (Å²) in [7, 11) is -3.06. The number of nitrogens with one attached hydrogen (secondary N) is 1. The molecule has 0 aliphatic carbocycles. The van der Waals surface area contributed by atoms with Crippen LogP contribution in [0.5, 0.6) is 5.75 Å². The van der Waals surface area contributed by atoms with Crippen molar-refractivity contribution in [1.82, 2.24) is 5.32 Å². The van der Waals surface area contributed by atoms with Crippen molar-refractivity contribution in [2.45, 2.75) is 18.9 Å². The first-order valence-electron chi connectivity index (χ1n) is 7.58. The molecule has 0 radical (unpaired) electrons. The van der Waals surface area contributed by atoms with Crippen molar-refractivity contribution in [3.8, 4) is 5.75 Å². The summed E-state index contributed by atoms with van der Waals surface area (Å²) < 4.78 is 28.8. The average molecular weight is 368 g/mol. The van der Waals surface area contributed by atoms with E-state index in [0.29, 0.717) is 18.1 Å². The predicted molar refractivity (Wildman–Crippen MR) is 93.9 cm³/mol. The third kappa shape index (κ3) is 3.99. The molecular formula is C17H18ClNO4S. The Kier molecular flexibility index (Phi) is 4.44. The summed E-state index contributed by atoms with van der Waals surface area (Å²) in [6, 6.07) is 5.37. The number of hydrogen-bond donors (Lipinski definition) is 1. The standard InChI is InChI=1S/C17H18ClNO4S/c1-17(6-7-24(21,22)11-17)19-16(20)5-2-12-8-13-9-14(18)3-4-15(13)23-10-12/h2-5,8-9H,6-7,10-11H2,1H3,(H,19,20)/b5-2+. The van der Waals surface area contributed by atoms with E-state index in [0.717, 1.165) is 16.9 Å². The molecule has 1 aromatic rings. The summed E-state index contributed by atoms with van der Waals surface area (Å²) in [6.07, 6.45) is 5.43. The second-order valence-electron chi connectivity index (χ2n) is 6.42. The lowest BCUT2D eigenvalue weighted by atomic mass is 10.0. The van der Waals surface area contributed by atoms with E-state index in [9.17, 15) is 13.2 Å². The van der Waals surface area contributed by atoms with Crippen LogP contribution in [-0.4, -0.2) is 38.0 Å². The summed E-state index contributed by atoms with van der Waals surface area (Å²) in [5.41, 5.74) is 1.00. The zero-order chi connectivity index (χ0) is 17.4. The summed E-state index contributed by atoms with van der Waals surface area (Å²) in [6.45, 7) is 2.12. The van der Waals surface area contributed by atoms with Crippen LogP contribution in [0, 0.1) is 0 Å². The molecule has 1 unspecified atom stereocenters. The summed E-state index contributed by atoms with van der Waals surface area (Å²) in [4.78, 5) is 12.1. The van der Waals surface area contributed by atoms with Crippen LogP contribution in [0.2, 0.25) is 5.02 Å². The maximum absolute atomic E-state index is 12.1. The Balaban J connectivity index is 1.67. The Morgan fingerprint density at radius 3 is 2.92 bits per heavy atom. The molecule has 1 N–H and O–H groups in total. The van der Waals surface area contributed by atoms with Gasteiger partial charge in [0.25, 0.3) is 0 Å². The first-order chi connectivity index (χ1) is 11.2. The van der Waals surface area contributed by atoms with Gasteiger partial charge in [-0.2, -0.15) is 0 Å². The van der Waals surface area contributed by atoms with Crippen LogP contribution in [0.4, 0.5) is 0 Å². The number of fused-ring (bicyclic) bond motifs is 1. The van der Waals surface area contributed by atoms with Gasteiger partial charge in [0.2, 0.25) is 5.91 Å². The predicted octanol–water partition coefficient (Wildman–Crippen LogP) is 2.37. The van der Waals surface area contributed by atoms with Crippen LogP contribution < -0.4 is 10.1 Å². The molecule has 0 saturated carbocycles. The van der Waals surface area contributed by atoms with Crippen molar-refractivity contribution in [2.75, 3.05) is 18.1 Å². The molecule has 1 aromatic carbocycles. The molecule has 2 aliphatic heterocycles. The molecule has 1 amide bonds. The van der Waals surface area contributed by atoms with Crippen LogP contribution in [-0.2, 0) is 14.6 Å². The van der Waals surface area contributed by atoms with Crippen LogP contribution in [0.3, 0.4) is 0 Å². The lowest BCUT2D eigenvalue weighted by Gasteiger charge is -2.23. The van der Waals surface area contributed by atoms with E-state index in [1.54, 1.807) is 25.1 Å². The minimum atomic E-state index is -3.06. The lowest BCUT2D eigenvalue weighted by molar-refractivity contribution is -0.117. The number of carbonyl (C=O) groups excluding carboxylic acids is 1. The molecule has 0 spiro atoms. The highest BCUT2D eigenvalue weighted by molar-refractivity contribution is 7.91. The molecule has 1 atom stereocenters. The monoisotopic (exact) mass is 367 g/mol. The highest BCUT2D eigenvalue weighted by atomic mass is 35.5. The quantitative estimate of drug-likeness (QED) is 0.832. The molecule has 1 fully saturated rings. The number of ether oxygens (including phenoxy) is 1. The van der Waals surface area contributed by atoms with E-state index in [1.807, 2.05) is 12.1 Å². The molecule has 128 valence electrons. The van der Waals surface area contributed by atoms with Gasteiger partial charge in [0, 0.05) is 16.7 Å². The second-order valence-corrected chi connectivity index (χ2v) is 9.04. The maximum Gasteiger partial charge on any atom is 0.244 e. The molecule has 2 heterocycles. The fraction of sp³-hybridized carbons (Fsp3) is 0.353. The van der Waals surface area contributed by atoms with Gasteiger partial charge < -0.3 is 10.1 Å². The van der Waals surface area contributed by atoms with Gasteiger partial charge in [0.1, 0.15) is 12.4 Å². The molecule has 0 aromatic heterocycles. The van der Waals surface area contributed by atoms with Crippen molar-refractivity contribution in [3.05, 3.63) is 46.5 Å². The largest absolute Gasteiger partial charge is 0.488 e. The Bertz CT molecular complexity index is 844. The van der Waals surface area contributed by atoms with Crippen molar-refractivity contribution < 1.29 is 17.9 Å². The van der Waals surface area contributed by atoms with Gasteiger partial charge in [0.15, 0.2) is 9.84 Å². The van der Waals surface area contributed by atoms with Crippen LogP contribution in [0.15, 0.2) is 35.9 Å². The number of hydrogen-bond acceptors (Lipinski definition) is 4. The van der Waals surface area contributed by atoms with Crippen molar-refractivity contribution in [3.63, 3.8) is 0 Å². The van der Waals surface area contributed by atoms with Crippen LogP contribution in [0.25, 0.3) is 6.08 Å². The van der Waals surface area contributed by atoms with Crippen molar-refractivity contribution in [2.24, 2.45) is 0 Å². The third-order valence-corrected chi connectivity index (χ3v) is 6.22. The van der Waals surface area contributed by atoms with Gasteiger partial charge in [-0.05, 0) is 43.2 Å². The fourth-order valence-electron chi connectivity index (χ4n) is 2.89. The number of carbonyl (C=O) groups is 1. The highest BCUT2D eigenvalue weighted by Crippen LogP contribution is 2.29. The van der Waals surface area contributed by atoms with E-state index in [4.69, 9.17) is 16.3 Å². The van der Waals surface area contributed by atoms with E-state index in [-0.39, 0.29) is 17.4 Å². The van der Waals surface area contributed by atoms with Gasteiger partial charge in [0.05, 0.1) is 17.0 Å². The number of amides is 1. The average Bonchev–Trinajstić information content (AvgIpc) is 2.78. The maximum atomic E-state index is 12.1. The number of rotatable bonds is 3. The minimum absolute atomic E-state index is 0.0166. The van der Waals surface area contributed by atoms with E-state index < -0.39 is 15.4 Å². The fourth-order valence-corrected chi connectivity index (χ4v) is 5.17. The van der Waals surface area contributed by atoms with Crippen LogP contribution >= 0.6 is 11.6 Å². The first kappa shape index (κ1) is 17.0.